The van der Waals surface area contributed by atoms with Gasteiger partial charge in [-0.1, -0.05) is 24.3 Å². The lowest BCUT2D eigenvalue weighted by Crippen LogP contribution is -2.49. The molecule has 1 saturated heterocycles. The van der Waals surface area contributed by atoms with Crippen LogP contribution in [-0.4, -0.2) is 44.9 Å². The minimum Gasteiger partial charge on any atom is -0.390 e. The maximum absolute atomic E-state index is 12.3. The number of hydrogen-bond acceptors (Lipinski definition) is 3. The molecular weight excluding hydrogens is 386 g/mol. The van der Waals surface area contributed by atoms with Gasteiger partial charge in [0.15, 0.2) is 0 Å². The van der Waals surface area contributed by atoms with E-state index in [4.69, 9.17) is 0 Å². The summed E-state index contributed by atoms with van der Waals surface area (Å²) in [7, 11) is 0. The van der Waals surface area contributed by atoms with Crippen molar-refractivity contribution in [2.75, 3.05) is 19.6 Å². The number of rotatable bonds is 4. The summed E-state index contributed by atoms with van der Waals surface area (Å²) in [5, 5.41) is 12.5. The molecule has 1 aromatic carbocycles. The van der Waals surface area contributed by atoms with E-state index in [2.05, 4.69) is 39.8 Å². The van der Waals surface area contributed by atoms with Gasteiger partial charge >= 0.3 is 0 Å². The summed E-state index contributed by atoms with van der Waals surface area (Å²) in [5.74, 6) is 0.896. The van der Waals surface area contributed by atoms with Crippen LogP contribution >= 0.6 is 0 Å². The Bertz CT molecular complexity index is 1180. The van der Waals surface area contributed by atoms with Crippen molar-refractivity contribution in [3.05, 3.63) is 69.8 Å². The van der Waals surface area contributed by atoms with Gasteiger partial charge in [-0.15, -0.1) is 0 Å². The van der Waals surface area contributed by atoms with E-state index >= 15 is 0 Å². The highest BCUT2D eigenvalue weighted by atomic mass is 16.3. The molecule has 0 saturated carbocycles. The van der Waals surface area contributed by atoms with Gasteiger partial charge in [-0.2, -0.15) is 0 Å². The van der Waals surface area contributed by atoms with Crippen LogP contribution in [0.5, 0.6) is 0 Å². The van der Waals surface area contributed by atoms with Crippen molar-refractivity contribution < 1.29 is 5.11 Å². The zero-order valence-electron chi connectivity index (χ0n) is 18.0. The first-order chi connectivity index (χ1) is 15.2. The minimum atomic E-state index is -0.390. The molecule has 1 N–H and O–H groups in total. The van der Waals surface area contributed by atoms with Gasteiger partial charge in [0.25, 0.3) is 5.56 Å². The van der Waals surface area contributed by atoms with E-state index in [1.54, 1.807) is 6.07 Å². The van der Waals surface area contributed by atoms with Crippen LogP contribution in [0.15, 0.2) is 47.3 Å². The number of likely N-dealkylation sites (tertiary alicyclic amines) is 1. The van der Waals surface area contributed by atoms with E-state index < -0.39 is 6.10 Å². The molecule has 2 bridgehead atoms. The summed E-state index contributed by atoms with van der Waals surface area (Å²) in [6, 6.07) is 14.4. The van der Waals surface area contributed by atoms with Crippen molar-refractivity contribution in [2.45, 2.75) is 57.2 Å². The molecule has 5 heteroatoms. The van der Waals surface area contributed by atoms with E-state index in [0.29, 0.717) is 24.9 Å². The van der Waals surface area contributed by atoms with E-state index in [9.17, 15) is 9.90 Å². The lowest BCUT2D eigenvalue weighted by atomic mass is 9.83. The summed E-state index contributed by atoms with van der Waals surface area (Å²) in [6.07, 6.45) is 5.56. The highest BCUT2D eigenvalue weighted by molar-refractivity contribution is 5.85. The molecule has 0 spiro atoms. The molecule has 162 valence electrons. The lowest BCUT2D eigenvalue weighted by molar-refractivity contribution is 0.0549. The van der Waals surface area contributed by atoms with Crippen molar-refractivity contribution in [3.8, 4) is 0 Å². The van der Waals surface area contributed by atoms with Crippen LogP contribution < -0.4 is 5.56 Å². The fourth-order valence-corrected chi connectivity index (χ4v) is 6.51. The van der Waals surface area contributed by atoms with Gasteiger partial charge in [0, 0.05) is 60.5 Å². The maximum atomic E-state index is 12.3. The topological polar surface area (TPSA) is 50.4 Å². The monoisotopic (exact) mass is 417 g/mol. The second-order valence-electron chi connectivity index (χ2n) is 9.83. The number of pyridine rings is 1. The first kappa shape index (κ1) is 19.3. The predicted molar refractivity (Wildman–Crippen MR) is 123 cm³/mol. The Kier molecular flexibility index (Phi) is 4.77. The standard InChI is InChI=1S/C26H31N3O2/c30-20(17-28-24-8-3-1-6-21(24)22-7-2-4-9-25(22)28)16-27-13-18-12-19(15-27)23-10-5-11-26(31)29(23)14-18/h1,3,5-6,8,10-11,18-20,30H,2,4,7,9,12-17H2/t18-,19+,20+/m0/s1. The van der Waals surface area contributed by atoms with Gasteiger partial charge in [0.2, 0.25) is 0 Å². The number of hydrogen-bond donors (Lipinski definition) is 1. The summed E-state index contributed by atoms with van der Waals surface area (Å²) in [4.78, 5) is 14.7. The average Bonchev–Trinajstić information content (AvgIpc) is 3.08. The Morgan fingerprint density at radius 3 is 2.77 bits per heavy atom. The van der Waals surface area contributed by atoms with Crippen molar-refractivity contribution in [3.63, 3.8) is 0 Å². The molecule has 0 unspecified atom stereocenters. The van der Waals surface area contributed by atoms with Crippen molar-refractivity contribution >= 4 is 10.9 Å². The quantitative estimate of drug-likeness (QED) is 0.710. The van der Waals surface area contributed by atoms with E-state index in [1.165, 1.54) is 40.7 Å². The van der Waals surface area contributed by atoms with Crippen LogP contribution in [0.4, 0.5) is 0 Å². The summed E-state index contributed by atoms with van der Waals surface area (Å²) >= 11 is 0. The number of benzene rings is 1. The highest BCUT2D eigenvalue weighted by Gasteiger charge is 2.35. The van der Waals surface area contributed by atoms with Crippen molar-refractivity contribution in [1.82, 2.24) is 14.0 Å². The molecule has 0 radical (unpaired) electrons. The SMILES string of the molecule is O=c1cccc2n1C[C@H]1C[C@@H]2CN(C[C@@H](O)Cn2c3c(c4ccccc42)CCCC3)C1. The molecule has 3 aliphatic rings. The summed E-state index contributed by atoms with van der Waals surface area (Å²) in [5.41, 5.74) is 5.52. The number of aromatic nitrogens is 2. The number of aliphatic hydroxyl groups excluding tert-OH is 1. The number of β-amino-alcohol motifs (C(OH)–C–C–N with tert-alkyl or cyclic N) is 1. The van der Waals surface area contributed by atoms with E-state index in [1.807, 2.05) is 10.6 Å². The first-order valence-corrected chi connectivity index (χ1v) is 11.9. The third kappa shape index (κ3) is 3.35. The van der Waals surface area contributed by atoms with Gasteiger partial charge in [-0.05, 0) is 55.7 Å². The van der Waals surface area contributed by atoms with Gasteiger partial charge in [-0.25, -0.2) is 0 Å². The second-order valence-corrected chi connectivity index (χ2v) is 9.83. The fourth-order valence-electron chi connectivity index (χ4n) is 6.51. The molecule has 3 aromatic rings. The molecule has 1 aliphatic carbocycles. The summed E-state index contributed by atoms with van der Waals surface area (Å²) < 4.78 is 4.37. The van der Waals surface area contributed by atoms with Crippen LogP contribution in [0.3, 0.4) is 0 Å². The zero-order valence-corrected chi connectivity index (χ0v) is 18.0. The fraction of sp³-hybridized carbons (Fsp3) is 0.500. The summed E-state index contributed by atoms with van der Waals surface area (Å²) in [6.45, 7) is 4.08. The molecule has 5 nitrogen and oxygen atoms in total. The Hall–Kier alpha value is -2.37. The van der Waals surface area contributed by atoms with Gasteiger partial charge in [-0.3, -0.25) is 9.69 Å². The molecule has 31 heavy (non-hydrogen) atoms. The maximum Gasteiger partial charge on any atom is 0.250 e. The molecule has 0 amide bonds. The molecule has 2 aliphatic heterocycles. The predicted octanol–water partition coefficient (Wildman–Crippen LogP) is 3.16. The van der Waals surface area contributed by atoms with Crippen molar-refractivity contribution in [2.24, 2.45) is 5.92 Å². The minimum absolute atomic E-state index is 0.130. The number of fused-ring (bicyclic) bond motifs is 7. The number of nitrogens with zero attached hydrogens (tertiary/aromatic N) is 3. The third-order valence-electron chi connectivity index (χ3n) is 7.70. The Balaban J connectivity index is 1.21. The Morgan fingerprint density at radius 1 is 0.968 bits per heavy atom. The Morgan fingerprint density at radius 2 is 1.84 bits per heavy atom. The number of para-hydroxylation sites is 1. The largest absolute Gasteiger partial charge is 0.390 e. The third-order valence-corrected chi connectivity index (χ3v) is 7.70. The average molecular weight is 418 g/mol. The van der Waals surface area contributed by atoms with Gasteiger partial charge < -0.3 is 14.2 Å². The van der Waals surface area contributed by atoms with E-state index in [-0.39, 0.29) is 5.56 Å². The second kappa shape index (κ2) is 7.64. The highest BCUT2D eigenvalue weighted by Crippen LogP contribution is 2.35. The smallest absolute Gasteiger partial charge is 0.250 e. The van der Waals surface area contributed by atoms with E-state index in [0.717, 1.165) is 38.9 Å². The van der Waals surface area contributed by atoms with Crippen LogP contribution in [0, 0.1) is 5.92 Å². The van der Waals surface area contributed by atoms with Crippen LogP contribution in [0.1, 0.15) is 42.1 Å². The van der Waals surface area contributed by atoms with Gasteiger partial charge in [0.1, 0.15) is 0 Å². The Labute approximate surface area is 182 Å². The van der Waals surface area contributed by atoms with Crippen LogP contribution in [0.25, 0.3) is 10.9 Å². The molecule has 4 heterocycles. The lowest BCUT2D eigenvalue weighted by Gasteiger charge is -2.43. The molecular formula is C26H31N3O2. The first-order valence-electron chi connectivity index (χ1n) is 11.9. The normalized spacial score (nSPS) is 24.0. The number of aryl methyl sites for hydroxylation is 1. The van der Waals surface area contributed by atoms with Crippen molar-refractivity contribution in [1.29, 1.82) is 0 Å². The molecule has 3 atom stereocenters. The molecule has 2 aromatic heterocycles. The number of aliphatic hydroxyl groups is 1. The number of piperidine rings is 1. The van der Waals surface area contributed by atoms with Gasteiger partial charge in [0.05, 0.1) is 12.6 Å². The molecule has 1 fully saturated rings. The zero-order chi connectivity index (χ0) is 20.9. The van der Waals surface area contributed by atoms with Crippen LogP contribution in [0.2, 0.25) is 0 Å². The van der Waals surface area contributed by atoms with Crippen LogP contribution in [-0.2, 0) is 25.9 Å². The molecule has 6 rings (SSSR count).